The molecule has 4 nitrogen and oxygen atoms in total. The molecule has 0 spiro atoms. The van der Waals surface area contributed by atoms with Crippen molar-refractivity contribution in [2.24, 2.45) is 0 Å². The minimum Gasteiger partial charge on any atom is -0.223 e. The molecule has 0 aliphatic carbocycles. The zero-order valence-electron chi connectivity index (χ0n) is 11.9. The Morgan fingerprint density at radius 1 is 1.10 bits per heavy atom. The van der Waals surface area contributed by atoms with Crippen molar-refractivity contribution in [3.63, 3.8) is 0 Å². The molecule has 0 aliphatic heterocycles. The van der Waals surface area contributed by atoms with Crippen molar-refractivity contribution in [1.29, 1.82) is 5.26 Å². The first kappa shape index (κ1) is 13.1. The van der Waals surface area contributed by atoms with E-state index in [4.69, 9.17) is 0 Å². The Bertz CT molecular complexity index is 806. The summed E-state index contributed by atoms with van der Waals surface area (Å²) in [6.45, 7) is 4.15. The molecule has 0 fully saturated rings. The molecule has 1 heterocycles. The van der Waals surface area contributed by atoms with Gasteiger partial charge in [0.2, 0.25) is 0 Å². The molecule has 21 heavy (non-hydrogen) atoms. The number of rotatable bonds is 2. The summed E-state index contributed by atoms with van der Waals surface area (Å²) in [4.78, 5) is 4.01. The zero-order chi connectivity index (χ0) is 14.8. The van der Waals surface area contributed by atoms with Crippen LogP contribution in [0.25, 0.3) is 16.8 Å². The summed E-state index contributed by atoms with van der Waals surface area (Å²) < 4.78 is 1.72. The van der Waals surface area contributed by atoms with Gasteiger partial charge >= 0.3 is 0 Å². The second-order valence-corrected chi connectivity index (χ2v) is 4.95. The standard InChI is InChI=1S/C17H14N4/c1-12-4-3-5-13(2)17(12)15-8-14(9-18)6-7-16(15)21-11-19-10-20-21/h3-8,10-11H,1-2H3. The zero-order valence-corrected chi connectivity index (χ0v) is 11.9. The fourth-order valence-electron chi connectivity index (χ4n) is 2.58. The van der Waals surface area contributed by atoms with Crippen molar-refractivity contribution >= 4 is 0 Å². The van der Waals surface area contributed by atoms with Gasteiger partial charge in [-0.15, -0.1) is 0 Å². The Balaban J connectivity index is 2.33. The summed E-state index contributed by atoms with van der Waals surface area (Å²) in [5.41, 5.74) is 6.04. The van der Waals surface area contributed by atoms with Crippen molar-refractivity contribution in [2.45, 2.75) is 13.8 Å². The van der Waals surface area contributed by atoms with Crippen molar-refractivity contribution in [1.82, 2.24) is 14.8 Å². The summed E-state index contributed by atoms with van der Waals surface area (Å²) in [5.74, 6) is 0. The molecular formula is C17H14N4. The summed E-state index contributed by atoms with van der Waals surface area (Å²) >= 11 is 0. The number of aryl methyl sites for hydroxylation is 2. The van der Waals surface area contributed by atoms with Crippen LogP contribution in [0.2, 0.25) is 0 Å². The molecule has 3 rings (SSSR count). The largest absolute Gasteiger partial charge is 0.223 e. The van der Waals surface area contributed by atoms with Crippen molar-refractivity contribution < 1.29 is 0 Å². The SMILES string of the molecule is Cc1cccc(C)c1-c1cc(C#N)ccc1-n1cncn1. The number of hydrogen-bond acceptors (Lipinski definition) is 3. The van der Waals surface area contributed by atoms with E-state index in [9.17, 15) is 5.26 Å². The van der Waals surface area contributed by atoms with E-state index in [-0.39, 0.29) is 0 Å². The summed E-state index contributed by atoms with van der Waals surface area (Å²) in [6, 6.07) is 14.0. The molecule has 102 valence electrons. The van der Waals surface area contributed by atoms with Gasteiger partial charge in [-0.05, 0) is 48.7 Å². The van der Waals surface area contributed by atoms with Crippen LogP contribution in [-0.4, -0.2) is 14.8 Å². The summed E-state index contributed by atoms with van der Waals surface area (Å²) in [6.07, 6.45) is 3.17. The lowest BCUT2D eigenvalue weighted by atomic mass is 9.93. The monoisotopic (exact) mass is 274 g/mol. The van der Waals surface area contributed by atoms with Crippen LogP contribution in [0.5, 0.6) is 0 Å². The molecule has 0 N–H and O–H groups in total. The average Bonchev–Trinajstić information content (AvgIpc) is 3.01. The van der Waals surface area contributed by atoms with Gasteiger partial charge in [-0.1, -0.05) is 18.2 Å². The topological polar surface area (TPSA) is 54.5 Å². The highest BCUT2D eigenvalue weighted by Gasteiger charge is 2.13. The van der Waals surface area contributed by atoms with Gasteiger partial charge in [0.05, 0.1) is 17.3 Å². The van der Waals surface area contributed by atoms with Crippen LogP contribution in [0.15, 0.2) is 49.1 Å². The minimum absolute atomic E-state index is 0.636. The van der Waals surface area contributed by atoms with Gasteiger partial charge in [-0.2, -0.15) is 10.4 Å². The average molecular weight is 274 g/mol. The lowest BCUT2D eigenvalue weighted by Crippen LogP contribution is -2.00. The number of benzene rings is 2. The molecule has 1 aromatic heterocycles. The second kappa shape index (κ2) is 5.22. The quantitative estimate of drug-likeness (QED) is 0.719. The van der Waals surface area contributed by atoms with Crippen LogP contribution in [0, 0.1) is 25.2 Å². The maximum atomic E-state index is 9.18. The number of aromatic nitrogens is 3. The van der Waals surface area contributed by atoms with E-state index in [1.54, 1.807) is 17.1 Å². The first-order valence-electron chi connectivity index (χ1n) is 6.66. The third kappa shape index (κ3) is 2.30. The smallest absolute Gasteiger partial charge is 0.138 e. The molecule has 0 amide bonds. The fourth-order valence-corrected chi connectivity index (χ4v) is 2.58. The Kier molecular flexibility index (Phi) is 3.25. The Hall–Kier alpha value is -2.93. The molecule has 0 saturated heterocycles. The predicted molar refractivity (Wildman–Crippen MR) is 81.0 cm³/mol. The molecule has 2 aromatic carbocycles. The lowest BCUT2D eigenvalue weighted by molar-refractivity contribution is 0.880. The number of hydrogen-bond donors (Lipinski definition) is 0. The van der Waals surface area contributed by atoms with E-state index in [1.807, 2.05) is 18.2 Å². The Morgan fingerprint density at radius 3 is 2.48 bits per heavy atom. The van der Waals surface area contributed by atoms with Gasteiger partial charge in [0.1, 0.15) is 12.7 Å². The molecular weight excluding hydrogens is 260 g/mol. The predicted octanol–water partition coefficient (Wildman–Crippen LogP) is 3.42. The van der Waals surface area contributed by atoms with Gasteiger partial charge in [-0.25, -0.2) is 9.67 Å². The fraction of sp³-hybridized carbons (Fsp3) is 0.118. The van der Waals surface area contributed by atoms with Crippen LogP contribution in [0.4, 0.5) is 0 Å². The van der Waals surface area contributed by atoms with Crippen LogP contribution in [-0.2, 0) is 0 Å². The lowest BCUT2D eigenvalue weighted by Gasteiger charge is -2.14. The molecule has 0 unspecified atom stereocenters. The highest BCUT2D eigenvalue weighted by Crippen LogP contribution is 2.32. The summed E-state index contributed by atoms with van der Waals surface area (Å²) in [7, 11) is 0. The number of nitriles is 1. The maximum Gasteiger partial charge on any atom is 0.138 e. The van der Waals surface area contributed by atoms with Gasteiger partial charge in [0.15, 0.2) is 0 Å². The van der Waals surface area contributed by atoms with Gasteiger partial charge in [0.25, 0.3) is 0 Å². The maximum absolute atomic E-state index is 9.18. The van der Waals surface area contributed by atoms with E-state index in [1.165, 1.54) is 17.5 Å². The van der Waals surface area contributed by atoms with Crippen molar-refractivity contribution in [3.05, 3.63) is 65.7 Å². The van der Waals surface area contributed by atoms with Crippen molar-refractivity contribution in [2.75, 3.05) is 0 Å². The second-order valence-electron chi connectivity index (χ2n) is 4.95. The highest BCUT2D eigenvalue weighted by molar-refractivity contribution is 5.79. The van der Waals surface area contributed by atoms with Crippen molar-refractivity contribution in [3.8, 4) is 22.9 Å². The molecule has 0 radical (unpaired) electrons. The minimum atomic E-state index is 0.636. The first-order valence-corrected chi connectivity index (χ1v) is 6.66. The van der Waals surface area contributed by atoms with E-state index in [2.05, 4.69) is 42.1 Å². The van der Waals surface area contributed by atoms with E-state index >= 15 is 0 Å². The van der Waals surface area contributed by atoms with Crippen LogP contribution in [0.3, 0.4) is 0 Å². The molecule has 0 aliphatic rings. The van der Waals surface area contributed by atoms with E-state index in [0.29, 0.717) is 5.56 Å². The normalized spacial score (nSPS) is 10.3. The number of nitrogens with zero attached hydrogens (tertiary/aromatic N) is 4. The first-order chi connectivity index (χ1) is 10.2. The Morgan fingerprint density at radius 2 is 1.86 bits per heavy atom. The highest BCUT2D eigenvalue weighted by atomic mass is 15.3. The van der Waals surface area contributed by atoms with Gasteiger partial charge in [-0.3, -0.25) is 0 Å². The van der Waals surface area contributed by atoms with Gasteiger partial charge < -0.3 is 0 Å². The van der Waals surface area contributed by atoms with Gasteiger partial charge in [0, 0.05) is 5.56 Å². The van der Waals surface area contributed by atoms with Crippen LogP contribution in [0.1, 0.15) is 16.7 Å². The van der Waals surface area contributed by atoms with Crippen LogP contribution >= 0.6 is 0 Å². The molecule has 0 bridgehead atoms. The van der Waals surface area contributed by atoms with Crippen LogP contribution < -0.4 is 0 Å². The Labute approximate surface area is 123 Å². The van der Waals surface area contributed by atoms with E-state index < -0.39 is 0 Å². The third-order valence-electron chi connectivity index (χ3n) is 3.54. The molecule has 0 atom stereocenters. The summed E-state index contributed by atoms with van der Waals surface area (Å²) in [5, 5.41) is 13.4. The molecule has 3 aromatic rings. The third-order valence-corrected chi connectivity index (χ3v) is 3.54. The van der Waals surface area contributed by atoms with E-state index in [0.717, 1.165) is 16.8 Å². The molecule has 4 heteroatoms. The molecule has 0 saturated carbocycles.